The molecule has 1 aliphatic heterocycles. The third kappa shape index (κ3) is 3.16. The van der Waals surface area contributed by atoms with Crippen molar-refractivity contribution < 1.29 is 40.3 Å². The van der Waals surface area contributed by atoms with Crippen molar-refractivity contribution in [2.24, 2.45) is 0 Å². The van der Waals surface area contributed by atoms with E-state index < -0.39 is 0 Å². The Hall–Kier alpha value is 1.06. The molecule has 0 aromatic heterocycles. The van der Waals surface area contributed by atoms with Gasteiger partial charge < -0.3 is 0 Å². The van der Waals surface area contributed by atoms with Crippen molar-refractivity contribution in [1.82, 2.24) is 3.64 Å². The molecule has 1 radical (unpaired) electrons. The number of hydrogen-bond acceptors (Lipinski definition) is 2. The molecule has 0 spiro atoms. The number of nitrogens with zero attached hydrogens (tertiary/aromatic N) is 1. The van der Waals surface area contributed by atoms with Gasteiger partial charge in [-0.2, -0.15) is 0 Å². The van der Waals surface area contributed by atoms with Crippen molar-refractivity contribution in [3.8, 4) is 0 Å². The molecule has 1 aliphatic rings. The molecular formula is C4H8MnNOZn. The molecule has 1 heterocycles. The van der Waals surface area contributed by atoms with Crippen molar-refractivity contribution in [2.75, 3.05) is 26.3 Å². The third-order valence-corrected chi connectivity index (χ3v) is 2.43. The molecule has 44 valence electrons. The van der Waals surface area contributed by atoms with Gasteiger partial charge in [-0.15, -0.1) is 0 Å². The Morgan fingerprint density at radius 1 is 1.25 bits per heavy atom. The fourth-order valence-electron chi connectivity index (χ4n) is 0.601. The van der Waals surface area contributed by atoms with Crippen LogP contribution in [0.5, 0.6) is 0 Å². The van der Waals surface area contributed by atoms with E-state index in [1.807, 2.05) is 0 Å². The first kappa shape index (κ1) is 9.06. The molecule has 0 N–H and O–H groups in total. The second-order valence-electron chi connectivity index (χ2n) is 1.73. The Labute approximate surface area is 70.4 Å². The summed E-state index contributed by atoms with van der Waals surface area (Å²) in [5, 5.41) is 0. The zero-order chi connectivity index (χ0) is 5.11. The van der Waals surface area contributed by atoms with E-state index >= 15 is 0 Å². The predicted octanol–water partition coefficient (Wildman–Crippen LogP) is -0.222. The van der Waals surface area contributed by atoms with E-state index in [1.165, 1.54) is 18.5 Å². The fourth-order valence-corrected chi connectivity index (χ4v) is 1.14. The minimum atomic E-state index is 0. The number of morpholine rings is 1. The average Bonchev–Trinajstić information content (AvgIpc) is 1.69. The molecule has 0 aliphatic carbocycles. The Balaban J connectivity index is 0.000000490. The van der Waals surface area contributed by atoms with Gasteiger partial charge in [0, 0.05) is 17.1 Å². The quantitative estimate of drug-likeness (QED) is 0.508. The molecule has 1 rings (SSSR count). The molecule has 1 saturated heterocycles. The molecule has 0 amide bonds. The maximum atomic E-state index is 5.12. The van der Waals surface area contributed by atoms with Crippen molar-refractivity contribution >= 4 is 0 Å². The zero-order valence-electron chi connectivity index (χ0n) is 4.77. The first-order valence-corrected chi connectivity index (χ1v) is 3.85. The summed E-state index contributed by atoms with van der Waals surface area (Å²) in [6.45, 7) is 4.19. The van der Waals surface area contributed by atoms with Crippen LogP contribution in [0.4, 0.5) is 0 Å². The number of ether oxygens (including phenoxy) is 1. The average molecular weight is 206 g/mol. The van der Waals surface area contributed by atoms with E-state index in [4.69, 9.17) is 4.74 Å². The molecule has 0 saturated carbocycles. The Kier molecular flexibility index (Phi) is 5.55. The first-order chi connectivity index (χ1) is 3.39. The summed E-state index contributed by atoms with van der Waals surface area (Å²) in [6, 6.07) is 0. The van der Waals surface area contributed by atoms with Crippen molar-refractivity contribution in [2.45, 2.75) is 0 Å². The van der Waals surface area contributed by atoms with Crippen LogP contribution in [0.3, 0.4) is 0 Å². The fraction of sp³-hybridized carbons (Fsp3) is 1.00. The summed E-state index contributed by atoms with van der Waals surface area (Å²) in [7, 11) is 0. The molecule has 0 unspecified atom stereocenters. The van der Waals surface area contributed by atoms with Crippen LogP contribution in [0.15, 0.2) is 0 Å². The topological polar surface area (TPSA) is 12.5 Å². The Morgan fingerprint density at radius 3 is 2.00 bits per heavy atom. The summed E-state index contributed by atoms with van der Waals surface area (Å²) >= 11 is 1.30. The summed E-state index contributed by atoms with van der Waals surface area (Å²) in [5.74, 6) is 0. The van der Waals surface area contributed by atoms with Crippen molar-refractivity contribution in [1.29, 1.82) is 0 Å². The normalized spacial score (nSPS) is 22.2. The van der Waals surface area contributed by atoms with E-state index in [9.17, 15) is 0 Å². The molecule has 1 fully saturated rings. The second-order valence-corrected chi connectivity index (χ2v) is 3.61. The van der Waals surface area contributed by atoms with Gasteiger partial charge in [-0.25, -0.2) is 0 Å². The monoisotopic (exact) mass is 205 g/mol. The van der Waals surface area contributed by atoms with Gasteiger partial charge >= 0.3 is 53.2 Å². The van der Waals surface area contributed by atoms with Gasteiger partial charge in [0.1, 0.15) is 0 Å². The molecule has 0 aromatic rings. The van der Waals surface area contributed by atoms with Gasteiger partial charge in [-0.3, -0.25) is 0 Å². The van der Waals surface area contributed by atoms with E-state index in [0.29, 0.717) is 0 Å². The zero-order valence-corrected chi connectivity index (χ0v) is 8.92. The molecule has 0 aromatic carbocycles. The Morgan fingerprint density at radius 2 is 1.75 bits per heavy atom. The predicted molar refractivity (Wildman–Crippen MR) is 22.4 cm³/mol. The minimum absolute atomic E-state index is 0. The van der Waals surface area contributed by atoms with Crippen LogP contribution in [0.2, 0.25) is 0 Å². The van der Waals surface area contributed by atoms with Gasteiger partial charge in [0.2, 0.25) is 0 Å². The van der Waals surface area contributed by atoms with Crippen LogP contribution < -0.4 is 0 Å². The summed E-state index contributed by atoms with van der Waals surface area (Å²) in [6.07, 6.45) is 0. The van der Waals surface area contributed by atoms with Gasteiger partial charge in [-0.05, 0) is 0 Å². The number of hydrogen-bond donors (Lipinski definition) is 0. The second kappa shape index (κ2) is 4.90. The van der Waals surface area contributed by atoms with Gasteiger partial charge in [0.25, 0.3) is 0 Å². The first-order valence-electron chi connectivity index (χ1n) is 2.53. The standard InChI is InChI=1S/C4H8NO.Mn.Zn/c1-3-6-4-2-5-1;;/h1-4H2;;/q-1;;+1. The van der Waals surface area contributed by atoms with Gasteiger partial charge in [-0.1, -0.05) is 0 Å². The van der Waals surface area contributed by atoms with E-state index in [0.717, 1.165) is 26.3 Å². The van der Waals surface area contributed by atoms with E-state index in [2.05, 4.69) is 3.64 Å². The van der Waals surface area contributed by atoms with Gasteiger partial charge in [0.15, 0.2) is 0 Å². The van der Waals surface area contributed by atoms with Crippen LogP contribution in [0.25, 0.3) is 0 Å². The van der Waals surface area contributed by atoms with Gasteiger partial charge in [0.05, 0.1) is 0 Å². The molecule has 2 nitrogen and oxygen atoms in total. The SMILES string of the molecule is [Mn].[Zn][N]1CCOCC1. The van der Waals surface area contributed by atoms with Crippen LogP contribution in [-0.4, -0.2) is 29.9 Å². The Bertz CT molecular complexity index is 58.0. The van der Waals surface area contributed by atoms with E-state index in [1.54, 1.807) is 0 Å². The number of rotatable bonds is 0. The maximum absolute atomic E-state index is 5.12. The molecule has 8 heavy (non-hydrogen) atoms. The molecule has 4 heteroatoms. The van der Waals surface area contributed by atoms with Crippen LogP contribution in [0, 0.1) is 0 Å². The molecule has 0 bridgehead atoms. The third-order valence-electron chi connectivity index (χ3n) is 1.10. The van der Waals surface area contributed by atoms with Crippen LogP contribution >= 0.6 is 0 Å². The molecular weight excluding hydrogens is 198 g/mol. The van der Waals surface area contributed by atoms with Crippen molar-refractivity contribution in [3.05, 3.63) is 0 Å². The van der Waals surface area contributed by atoms with Crippen molar-refractivity contribution in [3.63, 3.8) is 0 Å². The summed E-state index contributed by atoms with van der Waals surface area (Å²) < 4.78 is 7.51. The molecule has 0 atom stereocenters. The van der Waals surface area contributed by atoms with Crippen LogP contribution in [0.1, 0.15) is 0 Å². The van der Waals surface area contributed by atoms with E-state index in [-0.39, 0.29) is 17.1 Å². The van der Waals surface area contributed by atoms with Crippen LogP contribution in [-0.2, 0) is 40.3 Å². The summed E-state index contributed by atoms with van der Waals surface area (Å²) in [5.41, 5.74) is 0. The summed E-state index contributed by atoms with van der Waals surface area (Å²) in [4.78, 5) is 0.